The lowest BCUT2D eigenvalue weighted by Gasteiger charge is -2.31. The van der Waals surface area contributed by atoms with E-state index in [9.17, 15) is 4.79 Å². The number of rotatable bonds is 2. The molecule has 2 heterocycles. The van der Waals surface area contributed by atoms with Crippen LogP contribution in [0.4, 0.5) is 0 Å². The molecule has 22 heavy (non-hydrogen) atoms. The number of amides is 1. The maximum atomic E-state index is 12.9. The first-order valence-corrected chi connectivity index (χ1v) is 8.53. The van der Waals surface area contributed by atoms with E-state index in [-0.39, 0.29) is 12.0 Å². The van der Waals surface area contributed by atoms with Crippen LogP contribution in [0, 0.1) is 5.92 Å². The molecule has 4 nitrogen and oxygen atoms in total. The quantitative estimate of drug-likeness (QED) is 0.837. The molecule has 1 atom stereocenters. The molecule has 0 bridgehead atoms. The van der Waals surface area contributed by atoms with E-state index < -0.39 is 0 Å². The number of ether oxygens (including phenoxy) is 2. The van der Waals surface area contributed by atoms with Crippen molar-refractivity contribution in [3.8, 4) is 11.5 Å². The van der Waals surface area contributed by atoms with Gasteiger partial charge in [0.25, 0.3) is 0 Å². The van der Waals surface area contributed by atoms with Crippen molar-refractivity contribution < 1.29 is 14.3 Å². The molecule has 1 saturated heterocycles. The van der Waals surface area contributed by atoms with Crippen molar-refractivity contribution in [3.63, 3.8) is 0 Å². The van der Waals surface area contributed by atoms with E-state index >= 15 is 0 Å². The lowest BCUT2D eigenvalue weighted by Crippen LogP contribution is -2.36. The number of fused-ring (bicyclic) bond motifs is 1. The van der Waals surface area contributed by atoms with Crippen molar-refractivity contribution in [2.45, 2.75) is 51.0 Å². The number of carbonyl (C=O) groups is 1. The first kappa shape index (κ1) is 13.9. The van der Waals surface area contributed by atoms with E-state index in [4.69, 9.17) is 9.47 Å². The Morgan fingerprint density at radius 2 is 1.82 bits per heavy atom. The first-order valence-electron chi connectivity index (χ1n) is 8.53. The number of likely N-dealkylation sites (tertiary alicyclic amines) is 1. The molecular weight excluding hydrogens is 278 g/mol. The summed E-state index contributed by atoms with van der Waals surface area (Å²) >= 11 is 0. The standard InChI is InChI=1S/C18H23NO3/c20-18(13-5-2-1-3-6-13)19-10-4-7-15(19)14-8-9-16-17(11-14)22-12-21-16/h8-9,11,13,15H,1-7,10,12H2/t15-/m1/s1. The van der Waals surface area contributed by atoms with Gasteiger partial charge in [-0.1, -0.05) is 25.3 Å². The van der Waals surface area contributed by atoms with E-state index in [1.165, 1.54) is 24.8 Å². The van der Waals surface area contributed by atoms with Crippen molar-refractivity contribution in [2.75, 3.05) is 13.3 Å². The molecule has 118 valence electrons. The highest BCUT2D eigenvalue weighted by atomic mass is 16.7. The average molecular weight is 301 g/mol. The maximum absolute atomic E-state index is 12.9. The number of nitrogens with zero attached hydrogens (tertiary/aromatic N) is 1. The van der Waals surface area contributed by atoms with Crippen molar-refractivity contribution in [3.05, 3.63) is 23.8 Å². The van der Waals surface area contributed by atoms with Gasteiger partial charge in [-0.2, -0.15) is 0 Å². The average Bonchev–Trinajstić information content (AvgIpc) is 3.23. The normalized spacial score (nSPS) is 24.7. The summed E-state index contributed by atoms with van der Waals surface area (Å²) in [5.74, 6) is 2.25. The van der Waals surface area contributed by atoms with Gasteiger partial charge in [0, 0.05) is 12.5 Å². The third kappa shape index (κ3) is 2.44. The fourth-order valence-electron chi connectivity index (χ4n) is 4.08. The largest absolute Gasteiger partial charge is 0.454 e. The lowest BCUT2D eigenvalue weighted by molar-refractivity contribution is -0.137. The highest BCUT2D eigenvalue weighted by Gasteiger charge is 2.34. The van der Waals surface area contributed by atoms with Crippen molar-refractivity contribution >= 4 is 5.91 Å². The van der Waals surface area contributed by atoms with Crippen molar-refractivity contribution in [1.82, 2.24) is 4.90 Å². The van der Waals surface area contributed by atoms with Crippen LogP contribution in [0.5, 0.6) is 11.5 Å². The molecular formula is C18H23NO3. The maximum Gasteiger partial charge on any atom is 0.231 e. The molecule has 3 aliphatic rings. The molecule has 0 unspecified atom stereocenters. The molecule has 0 N–H and O–H groups in total. The van der Waals surface area contributed by atoms with Gasteiger partial charge in [-0.3, -0.25) is 4.79 Å². The van der Waals surface area contributed by atoms with Crippen LogP contribution in [0.15, 0.2) is 18.2 Å². The van der Waals surface area contributed by atoms with E-state index in [1.54, 1.807) is 0 Å². The van der Waals surface area contributed by atoms with Gasteiger partial charge in [-0.25, -0.2) is 0 Å². The fraction of sp³-hybridized carbons (Fsp3) is 0.611. The minimum Gasteiger partial charge on any atom is -0.454 e. The van der Waals surface area contributed by atoms with E-state index in [2.05, 4.69) is 17.0 Å². The SMILES string of the molecule is O=C(C1CCCCC1)N1CCC[C@@H]1c1ccc2c(c1)OCO2. The Balaban J connectivity index is 1.54. The Labute approximate surface area is 131 Å². The molecule has 4 rings (SSSR count). The summed E-state index contributed by atoms with van der Waals surface area (Å²) in [4.78, 5) is 15.0. The predicted octanol–water partition coefficient (Wildman–Crippen LogP) is 3.66. The second kappa shape index (κ2) is 5.82. The van der Waals surface area contributed by atoms with Crippen LogP contribution in [-0.2, 0) is 4.79 Å². The molecule has 1 amide bonds. The van der Waals surface area contributed by atoms with Gasteiger partial charge in [0.15, 0.2) is 11.5 Å². The van der Waals surface area contributed by atoms with Crippen LogP contribution in [0.25, 0.3) is 0 Å². The van der Waals surface area contributed by atoms with Crippen LogP contribution in [0.1, 0.15) is 56.6 Å². The highest BCUT2D eigenvalue weighted by molar-refractivity contribution is 5.79. The van der Waals surface area contributed by atoms with E-state index in [0.717, 1.165) is 43.7 Å². The van der Waals surface area contributed by atoms with Crippen LogP contribution >= 0.6 is 0 Å². The molecule has 2 fully saturated rings. The zero-order chi connectivity index (χ0) is 14.9. The molecule has 1 aliphatic carbocycles. The zero-order valence-electron chi connectivity index (χ0n) is 12.9. The molecule has 4 heteroatoms. The van der Waals surface area contributed by atoms with Crippen LogP contribution < -0.4 is 9.47 Å². The first-order chi connectivity index (χ1) is 10.8. The van der Waals surface area contributed by atoms with Gasteiger partial charge >= 0.3 is 0 Å². The summed E-state index contributed by atoms with van der Waals surface area (Å²) in [6.45, 7) is 1.20. The van der Waals surface area contributed by atoms with Gasteiger partial charge in [0.1, 0.15) is 0 Å². The molecule has 1 aromatic carbocycles. The number of hydrogen-bond acceptors (Lipinski definition) is 3. The van der Waals surface area contributed by atoms with Gasteiger partial charge in [-0.15, -0.1) is 0 Å². The number of carbonyl (C=O) groups excluding carboxylic acids is 1. The Kier molecular flexibility index (Phi) is 3.68. The third-order valence-electron chi connectivity index (χ3n) is 5.27. The molecule has 2 aliphatic heterocycles. The summed E-state index contributed by atoms with van der Waals surface area (Å²) in [5.41, 5.74) is 1.19. The third-order valence-corrected chi connectivity index (χ3v) is 5.27. The van der Waals surface area contributed by atoms with Crippen LogP contribution in [0.3, 0.4) is 0 Å². The topological polar surface area (TPSA) is 38.8 Å². The zero-order valence-corrected chi connectivity index (χ0v) is 12.9. The minimum absolute atomic E-state index is 0.212. The van der Waals surface area contributed by atoms with Crippen LogP contribution in [0.2, 0.25) is 0 Å². The van der Waals surface area contributed by atoms with Gasteiger partial charge in [0.2, 0.25) is 12.7 Å². The molecule has 1 saturated carbocycles. The highest BCUT2D eigenvalue weighted by Crippen LogP contribution is 2.40. The van der Waals surface area contributed by atoms with Gasteiger partial charge in [0.05, 0.1) is 6.04 Å². The van der Waals surface area contributed by atoms with E-state index in [1.807, 2.05) is 6.07 Å². The van der Waals surface area contributed by atoms with Gasteiger partial charge in [-0.05, 0) is 43.4 Å². The Morgan fingerprint density at radius 3 is 2.68 bits per heavy atom. The summed E-state index contributed by atoms with van der Waals surface area (Å²) < 4.78 is 10.9. The van der Waals surface area contributed by atoms with E-state index in [0.29, 0.717) is 12.7 Å². The fourth-order valence-corrected chi connectivity index (χ4v) is 4.08. The molecule has 0 spiro atoms. The Morgan fingerprint density at radius 1 is 1.00 bits per heavy atom. The summed E-state index contributed by atoms with van der Waals surface area (Å²) in [6.07, 6.45) is 8.00. The number of hydrogen-bond donors (Lipinski definition) is 0. The Hall–Kier alpha value is -1.71. The lowest BCUT2D eigenvalue weighted by atomic mass is 9.88. The second-order valence-corrected chi connectivity index (χ2v) is 6.64. The van der Waals surface area contributed by atoms with Gasteiger partial charge < -0.3 is 14.4 Å². The monoisotopic (exact) mass is 301 g/mol. The summed E-state index contributed by atoms with van der Waals surface area (Å²) in [5, 5.41) is 0. The number of benzene rings is 1. The Bertz CT molecular complexity index is 565. The second-order valence-electron chi connectivity index (χ2n) is 6.64. The molecule has 0 aromatic heterocycles. The summed E-state index contributed by atoms with van der Waals surface area (Å²) in [6, 6.07) is 6.33. The predicted molar refractivity (Wildman–Crippen MR) is 82.8 cm³/mol. The smallest absolute Gasteiger partial charge is 0.231 e. The molecule has 0 radical (unpaired) electrons. The summed E-state index contributed by atoms with van der Waals surface area (Å²) in [7, 11) is 0. The van der Waals surface area contributed by atoms with Crippen LogP contribution in [-0.4, -0.2) is 24.1 Å². The molecule has 1 aromatic rings. The van der Waals surface area contributed by atoms with Crippen molar-refractivity contribution in [2.24, 2.45) is 5.92 Å². The minimum atomic E-state index is 0.212. The van der Waals surface area contributed by atoms with Crippen molar-refractivity contribution in [1.29, 1.82) is 0 Å².